The molecule has 3 N–H and O–H groups in total. The van der Waals surface area contributed by atoms with E-state index >= 15 is 0 Å². The SMILES string of the molecule is CC1=C(C(=O)Nc2ccccc2)[C@H](c2cn(C)nc2C)NC(=O)N1. The first-order valence-corrected chi connectivity index (χ1v) is 7.60. The van der Waals surface area contributed by atoms with Crippen molar-refractivity contribution >= 4 is 17.6 Å². The number of hydrogen-bond donors (Lipinski definition) is 3. The molecule has 1 aromatic heterocycles. The number of aryl methyl sites for hydroxylation is 2. The Labute approximate surface area is 139 Å². The predicted octanol–water partition coefficient (Wildman–Crippen LogP) is 2.00. The lowest BCUT2D eigenvalue weighted by Crippen LogP contribution is -2.46. The molecule has 1 aliphatic heterocycles. The molecule has 0 aliphatic carbocycles. The molecule has 0 radical (unpaired) electrons. The number of nitrogens with one attached hydrogen (secondary N) is 3. The van der Waals surface area contributed by atoms with Crippen molar-refractivity contribution < 1.29 is 9.59 Å². The van der Waals surface area contributed by atoms with E-state index in [0.717, 1.165) is 11.3 Å². The van der Waals surface area contributed by atoms with Gasteiger partial charge in [0.1, 0.15) is 0 Å². The Morgan fingerprint density at radius 3 is 2.58 bits per heavy atom. The van der Waals surface area contributed by atoms with Gasteiger partial charge in [0, 0.05) is 30.2 Å². The van der Waals surface area contributed by atoms with Crippen LogP contribution in [0.25, 0.3) is 0 Å². The highest BCUT2D eigenvalue weighted by atomic mass is 16.2. The summed E-state index contributed by atoms with van der Waals surface area (Å²) in [6, 6.07) is 8.32. The first kappa shape index (κ1) is 15.8. The van der Waals surface area contributed by atoms with Crippen molar-refractivity contribution in [3.63, 3.8) is 0 Å². The van der Waals surface area contributed by atoms with Crippen LogP contribution in [-0.2, 0) is 11.8 Å². The fourth-order valence-corrected chi connectivity index (χ4v) is 2.85. The molecule has 0 fully saturated rings. The lowest BCUT2D eigenvalue weighted by atomic mass is 9.95. The van der Waals surface area contributed by atoms with Crippen LogP contribution in [0.3, 0.4) is 0 Å². The number of aromatic nitrogens is 2. The lowest BCUT2D eigenvalue weighted by molar-refractivity contribution is -0.113. The Kier molecular flexibility index (Phi) is 4.07. The molecule has 2 aromatic rings. The molecule has 3 rings (SSSR count). The maximum absolute atomic E-state index is 12.8. The Bertz CT molecular complexity index is 823. The van der Waals surface area contributed by atoms with Gasteiger partial charge in [-0.1, -0.05) is 18.2 Å². The molecule has 2 heterocycles. The molecule has 1 atom stereocenters. The zero-order valence-corrected chi connectivity index (χ0v) is 13.8. The molecular formula is C17H19N5O2. The number of nitrogens with zero attached hydrogens (tertiary/aromatic N) is 2. The van der Waals surface area contributed by atoms with Crippen molar-refractivity contribution in [3.8, 4) is 0 Å². The summed E-state index contributed by atoms with van der Waals surface area (Å²) in [5, 5.41) is 12.6. The summed E-state index contributed by atoms with van der Waals surface area (Å²) in [5.74, 6) is -0.264. The van der Waals surface area contributed by atoms with E-state index in [1.165, 1.54) is 0 Å². The summed E-state index contributed by atoms with van der Waals surface area (Å²) < 4.78 is 1.67. The molecule has 0 unspecified atom stereocenters. The van der Waals surface area contributed by atoms with Crippen molar-refractivity contribution in [3.05, 3.63) is 59.1 Å². The van der Waals surface area contributed by atoms with Gasteiger partial charge < -0.3 is 16.0 Å². The van der Waals surface area contributed by atoms with Gasteiger partial charge in [-0.15, -0.1) is 0 Å². The van der Waals surface area contributed by atoms with E-state index in [1.807, 2.05) is 43.5 Å². The second-order valence-corrected chi connectivity index (χ2v) is 5.73. The van der Waals surface area contributed by atoms with Gasteiger partial charge >= 0.3 is 6.03 Å². The number of rotatable bonds is 3. The molecule has 0 bridgehead atoms. The number of para-hydroxylation sites is 1. The van der Waals surface area contributed by atoms with Crippen LogP contribution in [-0.4, -0.2) is 21.7 Å². The highest BCUT2D eigenvalue weighted by Gasteiger charge is 2.33. The molecular weight excluding hydrogens is 306 g/mol. The van der Waals surface area contributed by atoms with Gasteiger partial charge in [0.05, 0.1) is 17.3 Å². The monoisotopic (exact) mass is 325 g/mol. The van der Waals surface area contributed by atoms with Crippen molar-refractivity contribution in [1.29, 1.82) is 0 Å². The summed E-state index contributed by atoms with van der Waals surface area (Å²) in [6.07, 6.45) is 1.81. The largest absolute Gasteiger partial charge is 0.327 e. The number of hydrogen-bond acceptors (Lipinski definition) is 3. The highest BCUT2D eigenvalue weighted by Crippen LogP contribution is 2.29. The number of carbonyl (C=O) groups excluding carboxylic acids is 2. The molecule has 124 valence electrons. The van der Waals surface area contributed by atoms with Gasteiger partial charge in [0.15, 0.2) is 0 Å². The molecule has 0 saturated carbocycles. The van der Waals surface area contributed by atoms with Gasteiger partial charge in [-0.25, -0.2) is 4.79 Å². The number of benzene rings is 1. The number of urea groups is 1. The minimum absolute atomic E-state index is 0.264. The van der Waals surface area contributed by atoms with Crippen molar-refractivity contribution in [2.24, 2.45) is 7.05 Å². The third-order valence-electron chi connectivity index (χ3n) is 3.91. The molecule has 0 saturated heterocycles. The summed E-state index contributed by atoms with van der Waals surface area (Å²) in [6.45, 7) is 3.57. The topological polar surface area (TPSA) is 88.1 Å². The van der Waals surface area contributed by atoms with E-state index in [4.69, 9.17) is 0 Å². The van der Waals surface area contributed by atoms with Crippen LogP contribution >= 0.6 is 0 Å². The lowest BCUT2D eigenvalue weighted by Gasteiger charge is -2.28. The minimum Gasteiger partial charge on any atom is -0.327 e. The summed E-state index contributed by atoms with van der Waals surface area (Å²) >= 11 is 0. The van der Waals surface area contributed by atoms with Crippen LogP contribution in [0.1, 0.15) is 24.2 Å². The Morgan fingerprint density at radius 1 is 1.25 bits per heavy atom. The zero-order chi connectivity index (χ0) is 17.3. The van der Waals surface area contributed by atoms with Gasteiger partial charge in [0.2, 0.25) is 0 Å². The molecule has 7 nitrogen and oxygen atoms in total. The molecule has 3 amide bonds. The third-order valence-corrected chi connectivity index (χ3v) is 3.91. The van der Waals surface area contributed by atoms with E-state index in [-0.39, 0.29) is 11.9 Å². The van der Waals surface area contributed by atoms with Crippen molar-refractivity contribution in [2.75, 3.05) is 5.32 Å². The highest BCUT2D eigenvalue weighted by molar-refractivity contribution is 6.06. The van der Waals surface area contributed by atoms with E-state index in [1.54, 1.807) is 18.7 Å². The maximum Gasteiger partial charge on any atom is 0.319 e. The van der Waals surface area contributed by atoms with Crippen LogP contribution in [0.15, 0.2) is 47.8 Å². The van der Waals surface area contributed by atoms with E-state index in [9.17, 15) is 9.59 Å². The number of carbonyl (C=O) groups is 2. The third kappa shape index (κ3) is 3.01. The zero-order valence-electron chi connectivity index (χ0n) is 13.8. The number of allylic oxidation sites excluding steroid dienone is 1. The minimum atomic E-state index is -0.545. The number of amides is 3. The second-order valence-electron chi connectivity index (χ2n) is 5.73. The van der Waals surface area contributed by atoms with Crippen molar-refractivity contribution in [1.82, 2.24) is 20.4 Å². The van der Waals surface area contributed by atoms with Crippen LogP contribution in [0, 0.1) is 6.92 Å². The fourth-order valence-electron chi connectivity index (χ4n) is 2.85. The Hall–Kier alpha value is -3.09. The summed E-state index contributed by atoms with van der Waals surface area (Å²) in [5.41, 5.74) is 3.25. The van der Waals surface area contributed by atoms with Crippen LogP contribution < -0.4 is 16.0 Å². The average Bonchev–Trinajstić information content (AvgIpc) is 2.85. The molecule has 1 aromatic carbocycles. The van der Waals surface area contributed by atoms with Gasteiger partial charge in [-0.2, -0.15) is 5.10 Å². The Morgan fingerprint density at radius 2 is 1.96 bits per heavy atom. The second kappa shape index (κ2) is 6.19. The standard InChI is InChI=1S/C17H19N5O2/c1-10-13(9-22(3)21-10)15-14(11(2)18-17(24)20-15)16(23)19-12-7-5-4-6-8-12/h4-9,15H,1-3H3,(H,19,23)(H2,18,20,24)/t15-/m0/s1. The fraction of sp³-hybridized carbons (Fsp3) is 0.235. The van der Waals surface area contributed by atoms with Crippen LogP contribution in [0.4, 0.5) is 10.5 Å². The smallest absolute Gasteiger partial charge is 0.319 e. The van der Waals surface area contributed by atoms with Gasteiger partial charge in [0.25, 0.3) is 5.91 Å². The van der Waals surface area contributed by atoms with Gasteiger partial charge in [-0.05, 0) is 26.0 Å². The summed E-state index contributed by atoms with van der Waals surface area (Å²) in [4.78, 5) is 24.7. The van der Waals surface area contributed by atoms with E-state index < -0.39 is 6.04 Å². The normalized spacial score (nSPS) is 17.3. The van der Waals surface area contributed by atoms with E-state index in [2.05, 4.69) is 21.0 Å². The molecule has 1 aliphatic rings. The maximum atomic E-state index is 12.8. The quantitative estimate of drug-likeness (QED) is 0.806. The first-order valence-electron chi connectivity index (χ1n) is 7.60. The first-order chi connectivity index (χ1) is 11.5. The molecule has 0 spiro atoms. The van der Waals surface area contributed by atoms with Crippen LogP contribution in [0.2, 0.25) is 0 Å². The summed E-state index contributed by atoms with van der Waals surface area (Å²) in [7, 11) is 1.81. The molecule has 24 heavy (non-hydrogen) atoms. The Balaban J connectivity index is 1.97. The average molecular weight is 325 g/mol. The van der Waals surface area contributed by atoms with Gasteiger partial charge in [-0.3, -0.25) is 9.48 Å². The molecule has 7 heteroatoms. The van der Waals surface area contributed by atoms with Crippen LogP contribution in [0.5, 0.6) is 0 Å². The predicted molar refractivity (Wildman–Crippen MR) is 90.1 cm³/mol. The van der Waals surface area contributed by atoms with Crippen molar-refractivity contribution in [2.45, 2.75) is 19.9 Å². The number of anilines is 1. The van der Waals surface area contributed by atoms with E-state index in [0.29, 0.717) is 17.0 Å².